The molecule has 0 aliphatic rings. The van der Waals surface area contributed by atoms with Crippen molar-refractivity contribution in [3.63, 3.8) is 0 Å². The number of imide groups is 1. The van der Waals surface area contributed by atoms with E-state index in [9.17, 15) is 14.0 Å². The van der Waals surface area contributed by atoms with Gasteiger partial charge in [-0.1, -0.05) is 6.58 Å². The molecule has 0 unspecified atom stereocenters. The van der Waals surface area contributed by atoms with Crippen molar-refractivity contribution >= 4 is 12.2 Å². The summed E-state index contributed by atoms with van der Waals surface area (Å²) in [5.41, 5.74) is -1.59. The second-order valence-electron chi connectivity index (χ2n) is 6.06. The Hall–Kier alpha value is -1.59. The van der Waals surface area contributed by atoms with Crippen LogP contribution in [-0.4, -0.2) is 34.8 Å². The van der Waals surface area contributed by atoms with Crippen molar-refractivity contribution in [2.24, 2.45) is 0 Å². The van der Waals surface area contributed by atoms with Gasteiger partial charge in [-0.2, -0.15) is 0 Å². The van der Waals surface area contributed by atoms with E-state index in [1.807, 2.05) is 0 Å². The van der Waals surface area contributed by atoms with Gasteiger partial charge in [-0.25, -0.2) is 18.9 Å². The molecule has 110 valence electrons. The van der Waals surface area contributed by atoms with Crippen molar-refractivity contribution in [2.75, 3.05) is 6.54 Å². The van der Waals surface area contributed by atoms with E-state index in [0.717, 1.165) is 0 Å². The number of ether oxygens (including phenoxy) is 2. The molecular weight excluding hydrogens is 253 g/mol. The Morgan fingerprint density at radius 3 is 1.53 bits per heavy atom. The van der Waals surface area contributed by atoms with E-state index in [0.29, 0.717) is 4.90 Å². The molecule has 0 spiro atoms. The van der Waals surface area contributed by atoms with Crippen LogP contribution < -0.4 is 0 Å². The molecule has 0 radical (unpaired) electrons. The molecule has 0 aromatic carbocycles. The minimum atomic E-state index is -0.972. The third-order valence-corrected chi connectivity index (χ3v) is 1.56. The molecule has 0 saturated carbocycles. The van der Waals surface area contributed by atoms with Crippen LogP contribution >= 0.6 is 0 Å². The second kappa shape index (κ2) is 6.04. The van der Waals surface area contributed by atoms with Crippen LogP contribution in [0.15, 0.2) is 12.4 Å². The summed E-state index contributed by atoms with van der Waals surface area (Å²) in [6, 6.07) is 0. The molecule has 0 bridgehead atoms. The summed E-state index contributed by atoms with van der Waals surface area (Å²) in [5, 5.41) is 0. The average Bonchev–Trinajstić information content (AvgIpc) is 2.07. The first-order chi connectivity index (χ1) is 8.32. The fourth-order valence-electron chi connectivity index (χ4n) is 1.01. The van der Waals surface area contributed by atoms with Gasteiger partial charge in [0.1, 0.15) is 17.0 Å². The fourth-order valence-corrected chi connectivity index (χ4v) is 1.01. The van der Waals surface area contributed by atoms with E-state index in [4.69, 9.17) is 9.47 Å². The highest BCUT2D eigenvalue weighted by molar-refractivity contribution is 5.88. The lowest BCUT2D eigenvalue weighted by atomic mass is 10.2. The molecule has 0 saturated heterocycles. The minimum Gasteiger partial charge on any atom is -0.443 e. The fraction of sp³-hybridized carbons (Fsp3) is 0.692. The van der Waals surface area contributed by atoms with E-state index in [1.54, 1.807) is 41.5 Å². The van der Waals surface area contributed by atoms with Gasteiger partial charge in [-0.3, -0.25) is 0 Å². The molecule has 5 nitrogen and oxygen atoms in total. The van der Waals surface area contributed by atoms with Gasteiger partial charge in [0.2, 0.25) is 0 Å². The maximum absolute atomic E-state index is 12.9. The van der Waals surface area contributed by atoms with Gasteiger partial charge < -0.3 is 9.47 Å². The van der Waals surface area contributed by atoms with Gasteiger partial charge in [-0.15, -0.1) is 0 Å². The van der Waals surface area contributed by atoms with E-state index in [2.05, 4.69) is 6.58 Å². The Morgan fingerprint density at radius 1 is 1.00 bits per heavy atom. The number of nitrogens with zero attached hydrogens (tertiary/aromatic N) is 1. The standard InChI is InChI=1S/C13H22FNO4/c1-9(14)8-15(10(16)18-12(2,3)4)11(17)19-13(5,6)7/h1,8H2,2-7H3. The van der Waals surface area contributed by atoms with Crippen LogP contribution in [0.1, 0.15) is 41.5 Å². The predicted octanol–water partition coefficient (Wildman–Crippen LogP) is 3.64. The number of amides is 2. The Labute approximate surface area is 113 Å². The lowest BCUT2D eigenvalue weighted by Gasteiger charge is -2.28. The topological polar surface area (TPSA) is 55.8 Å². The van der Waals surface area contributed by atoms with Crippen molar-refractivity contribution in [3.8, 4) is 0 Å². The van der Waals surface area contributed by atoms with Gasteiger partial charge >= 0.3 is 12.2 Å². The molecule has 0 N–H and O–H groups in total. The van der Waals surface area contributed by atoms with Crippen LogP contribution in [0.3, 0.4) is 0 Å². The molecule has 0 atom stereocenters. The van der Waals surface area contributed by atoms with Crippen molar-refractivity contribution < 1.29 is 23.5 Å². The summed E-state index contributed by atoms with van der Waals surface area (Å²) in [5.74, 6) is -0.836. The SMILES string of the molecule is C=C(F)CN(C(=O)OC(C)(C)C)C(=O)OC(C)(C)C. The molecule has 0 aliphatic carbocycles. The first-order valence-electron chi connectivity index (χ1n) is 5.88. The van der Waals surface area contributed by atoms with Crippen LogP contribution in [0.25, 0.3) is 0 Å². The third kappa shape index (κ3) is 8.18. The first kappa shape index (κ1) is 17.4. The maximum atomic E-state index is 12.9. The predicted molar refractivity (Wildman–Crippen MR) is 69.4 cm³/mol. The molecule has 19 heavy (non-hydrogen) atoms. The van der Waals surface area contributed by atoms with E-state index in [1.165, 1.54) is 0 Å². The van der Waals surface area contributed by atoms with Crippen LogP contribution in [0.5, 0.6) is 0 Å². The zero-order chi connectivity index (χ0) is 15.4. The van der Waals surface area contributed by atoms with E-state index < -0.39 is 35.8 Å². The van der Waals surface area contributed by atoms with Gasteiger partial charge in [-0.05, 0) is 41.5 Å². The molecule has 0 aromatic rings. The third-order valence-electron chi connectivity index (χ3n) is 1.56. The second-order valence-corrected chi connectivity index (χ2v) is 6.06. The lowest BCUT2D eigenvalue weighted by molar-refractivity contribution is 0.00234. The monoisotopic (exact) mass is 275 g/mol. The lowest BCUT2D eigenvalue weighted by Crippen LogP contribution is -2.44. The highest BCUT2D eigenvalue weighted by Crippen LogP contribution is 2.15. The molecule has 0 fully saturated rings. The zero-order valence-electron chi connectivity index (χ0n) is 12.4. The molecule has 0 rings (SSSR count). The van der Waals surface area contributed by atoms with E-state index in [-0.39, 0.29) is 0 Å². The number of hydrogen-bond acceptors (Lipinski definition) is 4. The van der Waals surface area contributed by atoms with Gasteiger partial charge in [0.15, 0.2) is 0 Å². The van der Waals surface area contributed by atoms with Crippen LogP contribution in [0.4, 0.5) is 14.0 Å². The smallest absolute Gasteiger partial charge is 0.420 e. The maximum Gasteiger partial charge on any atom is 0.420 e. The van der Waals surface area contributed by atoms with Crippen molar-refractivity contribution in [2.45, 2.75) is 52.7 Å². The van der Waals surface area contributed by atoms with Crippen molar-refractivity contribution in [1.82, 2.24) is 4.90 Å². The minimum absolute atomic E-state index is 0.541. The largest absolute Gasteiger partial charge is 0.443 e. The quantitative estimate of drug-likeness (QED) is 0.772. The molecule has 0 aliphatic heterocycles. The molecule has 2 amide bonds. The Kier molecular flexibility index (Phi) is 5.53. The Bertz CT molecular complexity index is 338. The van der Waals surface area contributed by atoms with Gasteiger partial charge in [0, 0.05) is 0 Å². The number of rotatable bonds is 2. The van der Waals surface area contributed by atoms with Crippen molar-refractivity contribution in [1.29, 1.82) is 0 Å². The first-order valence-corrected chi connectivity index (χ1v) is 5.88. The Morgan fingerprint density at radius 2 is 1.32 bits per heavy atom. The summed E-state index contributed by atoms with van der Waals surface area (Å²) >= 11 is 0. The zero-order valence-corrected chi connectivity index (χ0v) is 12.4. The molecule has 6 heteroatoms. The van der Waals surface area contributed by atoms with Gasteiger partial charge in [0.05, 0.1) is 6.54 Å². The van der Waals surface area contributed by atoms with Crippen LogP contribution in [0, 0.1) is 0 Å². The van der Waals surface area contributed by atoms with Crippen LogP contribution in [-0.2, 0) is 9.47 Å². The summed E-state index contributed by atoms with van der Waals surface area (Å²) in [4.78, 5) is 24.2. The average molecular weight is 275 g/mol. The van der Waals surface area contributed by atoms with Gasteiger partial charge in [0.25, 0.3) is 0 Å². The molecular formula is C13H22FNO4. The van der Waals surface area contributed by atoms with Crippen molar-refractivity contribution in [3.05, 3.63) is 12.4 Å². The number of carbonyl (C=O) groups is 2. The molecule has 0 aromatic heterocycles. The van der Waals surface area contributed by atoms with E-state index >= 15 is 0 Å². The summed E-state index contributed by atoms with van der Waals surface area (Å²) in [6.07, 6.45) is -1.94. The Balaban J connectivity index is 4.95. The molecule has 0 heterocycles. The highest BCUT2D eigenvalue weighted by atomic mass is 19.1. The number of halogens is 1. The summed E-state index contributed by atoms with van der Waals surface area (Å²) in [7, 11) is 0. The van der Waals surface area contributed by atoms with Crippen LogP contribution in [0.2, 0.25) is 0 Å². The number of hydrogen-bond donors (Lipinski definition) is 0. The summed E-state index contributed by atoms with van der Waals surface area (Å²) in [6.45, 7) is 12.3. The normalized spacial score (nSPS) is 11.7. The summed E-state index contributed by atoms with van der Waals surface area (Å²) < 4.78 is 22.9. The number of carbonyl (C=O) groups excluding carboxylic acids is 2. The highest BCUT2D eigenvalue weighted by Gasteiger charge is 2.31.